The summed E-state index contributed by atoms with van der Waals surface area (Å²) in [5, 5.41) is 0. The molecule has 0 aromatic heterocycles. The lowest BCUT2D eigenvalue weighted by Gasteiger charge is -2.50. The van der Waals surface area contributed by atoms with Gasteiger partial charge in [0.05, 0.1) is 19.8 Å². The Bertz CT molecular complexity index is 222. The molecule has 0 saturated carbocycles. The second-order valence-corrected chi connectivity index (χ2v) is 5.85. The monoisotopic (exact) mass is 215 g/mol. The molecule has 3 aliphatic heterocycles. The Kier molecular flexibility index (Phi) is 2.58. The van der Waals surface area contributed by atoms with Crippen LogP contribution in [0.2, 0.25) is 0 Å². The van der Waals surface area contributed by atoms with Crippen molar-refractivity contribution in [1.82, 2.24) is 0 Å². The van der Waals surface area contributed by atoms with Crippen molar-refractivity contribution in [2.75, 3.05) is 19.8 Å². The van der Waals surface area contributed by atoms with Crippen LogP contribution in [0.1, 0.15) is 33.6 Å². The molecule has 3 aliphatic rings. The van der Waals surface area contributed by atoms with E-state index in [0.29, 0.717) is 6.42 Å². The molecule has 3 rings (SSSR count). The van der Waals surface area contributed by atoms with Gasteiger partial charge < -0.3 is 19.9 Å². The molecular formula is C11H21NO3. The number of ether oxygens (including phenoxy) is 3. The number of nitrogens with two attached hydrogens (primary N) is 1. The fourth-order valence-corrected chi connectivity index (χ4v) is 1.79. The average Bonchev–Trinajstić information content (AvgIpc) is 2.16. The van der Waals surface area contributed by atoms with Crippen LogP contribution in [0.4, 0.5) is 0 Å². The fourth-order valence-electron chi connectivity index (χ4n) is 1.79. The van der Waals surface area contributed by atoms with E-state index in [1.54, 1.807) is 0 Å². The van der Waals surface area contributed by atoms with Gasteiger partial charge in [0.25, 0.3) is 5.97 Å². The minimum Gasteiger partial charge on any atom is -0.327 e. The van der Waals surface area contributed by atoms with Gasteiger partial charge in [0.15, 0.2) is 0 Å². The second kappa shape index (κ2) is 3.42. The third-order valence-corrected chi connectivity index (χ3v) is 3.00. The van der Waals surface area contributed by atoms with E-state index in [4.69, 9.17) is 19.9 Å². The maximum Gasteiger partial charge on any atom is 0.283 e. The first kappa shape index (κ1) is 11.3. The molecule has 0 radical (unpaired) electrons. The van der Waals surface area contributed by atoms with Gasteiger partial charge in [-0.05, 0) is 20.3 Å². The molecular weight excluding hydrogens is 194 g/mol. The lowest BCUT2D eigenvalue weighted by atomic mass is 9.90. The molecule has 0 unspecified atom stereocenters. The highest BCUT2D eigenvalue weighted by molar-refractivity contribution is 4.86. The summed E-state index contributed by atoms with van der Waals surface area (Å²) in [6.07, 6.45) is 1.52. The van der Waals surface area contributed by atoms with Crippen molar-refractivity contribution >= 4 is 0 Å². The quantitative estimate of drug-likeness (QED) is 0.769. The lowest BCUT2D eigenvalue weighted by Crippen LogP contribution is -2.59. The zero-order chi connectivity index (χ0) is 11.2. The van der Waals surface area contributed by atoms with Crippen LogP contribution in [0.25, 0.3) is 0 Å². The highest BCUT2D eigenvalue weighted by Crippen LogP contribution is 2.40. The van der Waals surface area contributed by atoms with Crippen molar-refractivity contribution in [3.05, 3.63) is 0 Å². The smallest absolute Gasteiger partial charge is 0.283 e. The molecule has 0 atom stereocenters. The number of fused-ring (bicyclic) bond motifs is 3. The zero-order valence-electron chi connectivity index (χ0n) is 9.84. The van der Waals surface area contributed by atoms with Crippen LogP contribution in [-0.4, -0.2) is 31.3 Å². The molecule has 3 saturated heterocycles. The second-order valence-electron chi connectivity index (χ2n) is 5.85. The summed E-state index contributed by atoms with van der Waals surface area (Å²) >= 11 is 0. The predicted molar refractivity (Wildman–Crippen MR) is 56.2 cm³/mol. The minimum absolute atomic E-state index is 0.0416. The van der Waals surface area contributed by atoms with E-state index in [-0.39, 0.29) is 11.0 Å². The van der Waals surface area contributed by atoms with Gasteiger partial charge in [0.1, 0.15) is 0 Å². The summed E-state index contributed by atoms with van der Waals surface area (Å²) in [5.41, 5.74) is 5.77. The van der Waals surface area contributed by atoms with Crippen molar-refractivity contribution < 1.29 is 14.2 Å². The van der Waals surface area contributed by atoms with Gasteiger partial charge >= 0.3 is 0 Å². The Morgan fingerprint density at radius 3 is 2.00 bits per heavy atom. The third-order valence-electron chi connectivity index (χ3n) is 3.00. The molecule has 2 bridgehead atoms. The summed E-state index contributed by atoms with van der Waals surface area (Å²) in [4.78, 5) is 0. The first-order valence-electron chi connectivity index (χ1n) is 5.53. The molecule has 0 aromatic carbocycles. The largest absolute Gasteiger partial charge is 0.327 e. The number of hydrogen-bond donors (Lipinski definition) is 1. The molecule has 3 heterocycles. The molecule has 4 heteroatoms. The van der Waals surface area contributed by atoms with Crippen LogP contribution in [0, 0.1) is 5.41 Å². The van der Waals surface area contributed by atoms with Gasteiger partial charge in [-0.15, -0.1) is 0 Å². The van der Waals surface area contributed by atoms with Crippen LogP contribution in [-0.2, 0) is 14.2 Å². The van der Waals surface area contributed by atoms with Crippen LogP contribution < -0.4 is 5.73 Å². The molecule has 0 spiro atoms. The first-order valence-corrected chi connectivity index (χ1v) is 5.53. The Morgan fingerprint density at radius 2 is 1.60 bits per heavy atom. The summed E-state index contributed by atoms with van der Waals surface area (Å²) in [7, 11) is 0. The topological polar surface area (TPSA) is 53.7 Å². The van der Waals surface area contributed by atoms with Crippen LogP contribution in [0.3, 0.4) is 0 Å². The molecule has 3 fully saturated rings. The highest BCUT2D eigenvalue weighted by Gasteiger charge is 2.50. The maximum atomic E-state index is 5.94. The zero-order valence-corrected chi connectivity index (χ0v) is 9.84. The molecule has 15 heavy (non-hydrogen) atoms. The number of rotatable bonds is 3. The van der Waals surface area contributed by atoms with E-state index in [1.165, 1.54) is 0 Å². The van der Waals surface area contributed by atoms with Crippen molar-refractivity contribution in [2.24, 2.45) is 11.1 Å². The molecule has 0 amide bonds. The van der Waals surface area contributed by atoms with Gasteiger partial charge in [-0.25, -0.2) is 0 Å². The Morgan fingerprint density at radius 1 is 1.13 bits per heavy atom. The van der Waals surface area contributed by atoms with Crippen LogP contribution in [0.15, 0.2) is 0 Å². The van der Waals surface area contributed by atoms with E-state index in [9.17, 15) is 0 Å². The molecule has 0 aliphatic carbocycles. The Labute approximate surface area is 91.1 Å². The molecule has 4 nitrogen and oxygen atoms in total. The summed E-state index contributed by atoms with van der Waals surface area (Å²) in [6.45, 7) is 8.27. The van der Waals surface area contributed by atoms with Gasteiger partial charge in [0, 0.05) is 17.4 Å². The molecule has 2 N–H and O–H groups in total. The van der Waals surface area contributed by atoms with Gasteiger partial charge in [-0.1, -0.05) is 6.92 Å². The predicted octanol–water partition coefficient (Wildman–Crippen LogP) is 1.24. The summed E-state index contributed by atoms with van der Waals surface area (Å²) in [5.74, 6) is -0.811. The first-order chi connectivity index (χ1) is 6.83. The Balaban J connectivity index is 1.92. The van der Waals surface area contributed by atoms with Gasteiger partial charge in [0.2, 0.25) is 0 Å². The Hall–Kier alpha value is -0.160. The SMILES string of the molecule is CC(C)(N)CCC12OCC(C)(CO1)CO2. The third kappa shape index (κ3) is 2.50. The molecule has 88 valence electrons. The summed E-state index contributed by atoms with van der Waals surface area (Å²) in [6, 6.07) is 0. The van der Waals surface area contributed by atoms with Crippen molar-refractivity contribution in [1.29, 1.82) is 0 Å². The average molecular weight is 215 g/mol. The highest BCUT2D eigenvalue weighted by atomic mass is 16.9. The lowest BCUT2D eigenvalue weighted by molar-refractivity contribution is -0.468. The minimum atomic E-state index is -0.811. The van der Waals surface area contributed by atoms with E-state index in [1.807, 2.05) is 13.8 Å². The fraction of sp³-hybridized carbons (Fsp3) is 1.00. The normalized spacial score (nSPS) is 40.8. The van der Waals surface area contributed by atoms with E-state index >= 15 is 0 Å². The van der Waals surface area contributed by atoms with Gasteiger partial charge in [-0.3, -0.25) is 0 Å². The standard InChI is InChI=1S/C11H21NO3/c1-9(2,12)4-5-11-13-6-10(3,7-14-11)8-15-11/h4-8,12H2,1-3H3. The maximum absolute atomic E-state index is 5.94. The van der Waals surface area contributed by atoms with Gasteiger partial charge in [-0.2, -0.15) is 0 Å². The van der Waals surface area contributed by atoms with Crippen LogP contribution in [0.5, 0.6) is 0 Å². The van der Waals surface area contributed by atoms with E-state index < -0.39 is 5.97 Å². The van der Waals surface area contributed by atoms with Crippen molar-refractivity contribution in [3.8, 4) is 0 Å². The van der Waals surface area contributed by atoms with Crippen LogP contribution >= 0.6 is 0 Å². The summed E-state index contributed by atoms with van der Waals surface area (Å²) < 4.78 is 17.0. The van der Waals surface area contributed by atoms with E-state index in [2.05, 4.69) is 6.92 Å². The molecule has 0 aromatic rings. The number of hydrogen-bond acceptors (Lipinski definition) is 4. The van der Waals surface area contributed by atoms with Crippen molar-refractivity contribution in [2.45, 2.75) is 45.1 Å². The van der Waals surface area contributed by atoms with Crippen molar-refractivity contribution in [3.63, 3.8) is 0 Å². The van der Waals surface area contributed by atoms with E-state index in [0.717, 1.165) is 26.2 Å².